The summed E-state index contributed by atoms with van der Waals surface area (Å²) in [5.74, 6) is 0. The molecule has 0 unspecified atom stereocenters. The summed E-state index contributed by atoms with van der Waals surface area (Å²) in [7, 11) is 1.99. The number of thiazole rings is 1. The first kappa shape index (κ1) is 14.2. The Bertz CT molecular complexity index is 523. The molecule has 2 rings (SSSR count). The third kappa shape index (κ3) is 3.64. The lowest BCUT2D eigenvalue weighted by Crippen LogP contribution is -2.16. The van der Waals surface area contributed by atoms with E-state index in [-0.39, 0.29) is 5.41 Å². The van der Waals surface area contributed by atoms with Gasteiger partial charge in [-0.25, -0.2) is 4.98 Å². The Morgan fingerprint density at radius 1 is 1.16 bits per heavy atom. The van der Waals surface area contributed by atoms with Crippen molar-refractivity contribution in [2.45, 2.75) is 39.2 Å². The summed E-state index contributed by atoms with van der Waals surface area (Å²) in [6, 6.07) is 10.6. The highest BCUT2D eigenvalue weighted by molar-refractivity contribution is 7.11. The Balaban J connectivity index is 2.27. The molecule has 1 N–H and O–H groups in total. The van der Waals surface area contributed by atoms with E-state index in [9.17, 15) is 0 Å². The van der Waals surface area contributed by atoms with Gasteiger partial charge in [-0.2, -0.15) is 0 Å². The van der Waals surface area contributed by atoms with Gasteiger partial charge in [-0.05, 0) is 12.6 Å². The van der Waals surface area contributed by atoms with Gasteiger partial charge in [-0.3, -0.25) is 0 Å². The van der Waals surface area contributed by atoms with E-state index >= 15 is 0 Å². The minimum atomic E-state index is 0.109. The third-order valence-electron chi connectivity index (χ3n) is 2.99. The van der Waals surface area contributed by atoms with Crippen molar-refractivity contribution in [1.29, 1.82) is 0 Å². The van der Waals surface area contributed by atoms with Crippen LogP contribution >= 0.6 is 11.3 Å². The number of aromatic nitrogens is 1. The fraction of sp³-hybridized carbons (Fsp3) is 0.438. The van der Waals surface area contributed by atoms with Crippen molar-refractivity contribution in [1.82, 2.24) is 10.3 Å². The Kier molecular flexibility index (Phi) is 4.38. The zero-order valence-corrected chi connectivity index (χ0v) is 13.0. The summed E-state index contributed by atoms with van der Waals surface area (Å²) < 4.78 is 0. The van der Waals surface area contributed by atoms with Crippen LogP contribution in [-0.2, 0) is 18.4 Å². The van der Waals surface area contributed by atoms with Crippen LogP contribution in [-0.4, -0.2) is 12.0 Å². The van der Waals surface area contributed by atoms with Crippen LogP contribution in [0.2, 0.25) is 0 Å². The molecule has 1 aromatic carbocycles. The average molecular weight is 274 g/mol. The summed E-state index contributed by atoms with van der Waals surface area (Å²) in [4.78, 5) is 6.24. The highest BCUT2D eigenvalue weighted by atomic mass is 32.1. The molecule has 2 nitrogen and oxygen atoms in total. The van der Waals surface area contributed by atoms with Crippen molar-refractivity contribution in [3.8, 4) is 0 Å². The van der Waals surface area contributed by atoms with Gasteiger partial charge in [0.05, 0.1) is 10.7 Å². The molecular formula is C16H22N2S. The van der Waals surface area contributed by atoms with Crippen molar-refractivity contribution in [3.63, 3.8) is 0 Å². The predicted molar refractivity (Wildman–Crippen MR) is 82.8 cm³/mol. The van der Waals surface area contributed by atoms with E-state index in [1.165, 1.54) is 21.1 Å². The monoisotopic (exact) mass is 274 g/mol. The molecule has 0 aliphatic heterocycles. The van der Waals surface area contributed by atoms with E-state index in [2.05, 4.69) is 56.4 Å². The van der Waals surface area contributed by atoms with Gasteiger partial charge in [0, 0.05) is 23.3 Å². The lowest BCUT2D eigenvalue weighted by atomic mass is 9.91. The van der Waals surface area contributed by atoms with E-state index in [0.717, 1.165) is 13.0 Å². The third-order valence-corrected chi connectivity index (χ3v) is 4.04. The van der Waals surface area contributed by atoms with Gasteiger partial charge >= 0.3 is 0 Å². The zero-order chi connectivity index (χ0) is 13.9. The average Bonchev–Trinajstić information content (AvgIpc) is 2.74. The number of nitrogens with zero attached hydrogens (tertiary/aromatic N) is 1. The molecule has 3 heteroatoms. The second kappa shape index (κ2) is 5.85. The smallest absolute Gasteiger partial charge is 0.0975 e. The first-order valence-electron chi connectivity index (χ1n) is 6.68. The fourth-order valence-corrected chi connectivity index (χ4v) is 3.44. The minimum Gasteiger partial charge on any atom is -0.315 e. The topological polar surface area (TPSA) is 24.9 Å². The van der Waals surface area contributed by atoms with Crippen LogP contribution in [0.1, 0.15) is 41.9 Å². The van der Waals surface area contributed by atoms with E-state index in [1.807, 2.05) is 18.4 Å². The van der Waals surface area contributed by atoms with Gasteiger partial charge in [0.1, 0.15) is 0 Å². The van der Waals surface area contributed by atoms with Gasteiger partial charge in [-0.1, -0.05) is 51.1 Å². The van der Waals surface area contributed by atoms with E-state index in [0.29, 0.717) is 0 Å². The molecule has 0 amide bonds. The Hall–Kier alpha value is -1.19. The van der Waals surface area contributed by atoms with Crippen molar-refractivity contribution in [2.24, 2.45) is 0 Å². The standard InChI is InChI=1S/C16H22N2S/c1-16(2,3)15-13(11-17-4)19-14(18-15)10-12-8-6-5-7-9-12/h5-9,17H,10-11H2,1-4H3. The molecule has 0 aliphatic rings. The Labute approximate surface area is 119 Å². The van der Waals surface area contributed by atoms with Crippen LogP contribution < -0.4 is 5.32 Å². The molecule has 0 atom stereocenters. The lowest BCUT2D eigenvalue weighted by Gasteiger charge is -2.17. The highest BCUT2D eigenvalue weighted by Crippen LogP contribution is 2.30. The largest absolute Gasteiger partial charge is 0.315 e. The van der Waals surface area contributed by atoms with Crippen molar-refractivity contribution in [3.05, 3.63) is 51.5 Å². The number of nitrogens with one attached hydrogen (secondary N) is 1. The van der Waals surface area contributed by atoms with Crippen molar-refractivity contribution >= 4 is 11.3 Å². The zero-order valence-electron chi connectivity index (χ0n) is 12.2. The number of benzene rings is 1. The van der Waals surface area contributed by atoms with Crippen molar-refractivity contribution in [2.75, 3.05) is 7.05 Å². The summed E-state index contributed by atoms with van der Waals surface area (Å²) in [6.45, 7) is 7.59. The second-order valence-electron chi connectivity index (χ2n) is 5.82. The lowest BCUT2D eigenvalue weighted by molar-refractivity contribution is 0.561. The number of hydrogen-bond donors (Lipinski definition) is 1. The molecule has 0 spiro atoms. The van der Waals surface area contributed by atoms with Gasteiger partial charge < -0.3 is 5.32 Å². The Morgan fingerprint density at radius 2 is 1.84 bits per heavy atom. The molecule has 0 aliphatic carbocycles. The molecule has 0 fully saturated rings. The molecule has 102 valence electrons. The van der Waals surface area contributed by atoms with Gasteiger partial charge in [0.2, 0.25) is 0 Å². The van der Waals surface area contributed by atoms with Crippen molar-refractivity contribution < 1.29 is 0 Å². The van der Waals surface area contributed by atoms with Crippen LogP contribution in [0.25, 0.3) is 0 Å². The number of rotatable bonds is 4. The highest BCUT2D eigenvalue weighted by Gasteiger charge is 2.22. The minimum absolute atomic E-state index is 0.109. The van der Waals surface area contributed by atoms with Gasteiger partial charge in [0.25, 0.3) is 0 Å². The normalized spacial score (nSPS) is 11.8. The maximum Gasteiger partial charge on any atom is 0.0975 e. The second-order valence-corrected chi connectivity index (χ2v) is 6.99. The maximum absolute atomic E-state index is 4.87. The summed E-state index contributed by atoms with van der Waals surface area (Å²) in [5.41, 5.74) is 2.67. The number of hydrogen-bond acceptors (Lipinski definition) is 3. The summed E-state index contributed by atoms with van der Waals surface area (Å²) >= 11 is 1.83. The first-order valence-corrected chi connectivity index (χ1v) is 7.50. The molecule has 1 aromatic heterocycles. The first-order chi connectivity index (χ1) is 9.00. The Morgan fingerprint density at radius 3 is 2.42 bits per heavy atom. The van der Waals surface area contributed by atoms with Gasteiger partial charge in [-0.15, -0.1) is 11.3 Å². The van der Waals surface area contributed by atoms with Crippen LogP contribution in [0.5, 0.6) is 0 Å². The quantitative estimate of drug-likeness (QED) is 0.918. The fourth-order valence-electron chi connectivity index (χ4n) is 2.11. The van der Waals surface area contributed by atoms with Crippen LogP contribution in [0, 0.1) is 0 Å². The summed E-state index contributed by atoms with van der Waals surface area (Å²) in [6.07, 6.45) is 0.929. The molecule has 1 heterocycles. The molecule has 19 heavy (non-hydrogen) atoms. The van der Waals surface area contributed by atoms with Crippen LogP contribution in [0.15, 0.2) is 30.3 Å². The molecule has 0 saturated heterocycles. The molecule has 0 saturated carbocycles. The molecular weight excluding hydrogens is 252 g/mol. The van der Waals surface area contributed by atoms with E-state index in [4.69, 9.17) is 4.98 Å². The van der Waals surface area contributed by atoms with Crippen LogP contribution in [0.4, 0.5) is 0 Å². The van der Waals surface area contributed by atoms with Crippen LogP contribution in [0.3, 0.4) is 0 Å². The molecule has 2 aromatic rings. The SMILES string of the molecule is CNCc1sc(Cc2ccccc2)nc1C(C)(C)C. The maximum atomic E-state index is 4.87. The van der Waals surface area contributed by atoms with E-state index in [1.54, 1.807) is 0 Å². The van der Waals surface area contributed by atoms with E-state index < -0.39 is 0 Å². The van der Waals surface area contributed by atoms with Gasteiger partial charge in [0.15, 0.2) is 0 Å². The predicted octanol–water partition coefficient (Wildman–Crippen LogP) is 3.75. The summed E-state index contributed by atoms with van der Waals surface area (Å²) in [5, 5.41) is 4.45. The molecule has 0 radical (unpaired) electrons. The molecule has 0 bridgehead atoms.